The first-order chi connectivity index (χ1) is 13.9. The molecule has 0 radical (unpaired) electrons. The van der Waals surface area contributed by atoms with Gasteiger partial charge in [0, 0.05) is 10.9 Å². The van der Waals surface area contributed by atoms with E-state index < -0.39 is 23.1 Å². The zero-order valence-electron chi connectivity index (χ0n) is 15.7. The maximum Gasteiger partial charge on any atom is 0.318 e. The van der Waals surface area contributed by atoms with Crippen molar-refractivity contribution in [3.05, 3.63) is 99.0 Å². The number of aliphatic hydroxyl groups is 2. The monoisotopic (exact) mass is 450 g/mol. The minimum Gasteiger partial charge on any atom is -0.426 e. The molecule has 5 heteroatoms. The third-order valence-electron chi connectivity index (χ3n) is 6.21. The molecule has 146 valence electrons. The maximum absolute atomic E-state index is 13.2. The highest BCUT2D eigenvalue weighted by Gasteiger charge is 2.62. The van der Waals surface area contributed by atoms with E-state index in [-0.39, 0.29) is 6.42 Å². The molecule has 0 amide bonds. The number of esters is 1. The summed E-state index contributed by atoms with van der Waals surface area (Å²) in [5.41, 5.74) is 0.223. The molecule has 29 heavy (non-hydrogen) atoms. The second-order valence-corrected chi connectivity index (χ2v) is 8.72. The van der Waals surface area contributed by atoms with E-state index in [1.165, 1.54) is 0 Å². The molecular weight excluding hydrogens is 432 g/mol. The molecule has 3 aliphatic rings. The number of para-hydroxylation sites is 1. The Labute approximate surface area is 176 Å². The van der Waals surface area contributed by atoms with E-state index in [0.29, 0.717) is 28.0 Å². The summed E-state index contributed by atoms with van der Waals surface area (Å²) in [4.78, 5) is 13.2. The number of aryl methyl sites for hydroxylation is 1. The minimum absolute atomic E-state index is 0.0503. The van der Waals surface area contributed by atoms with E-state index >= 15 is 0 Å². The number of benzene rings is 3. The van der Waals surface area contributed by atoms with Gasteiger partial charge >= 0.3 is 5.97 Å². The van der Waals surface area contributed by atoms with Crippen LogP contribution in [-0.2, 0) is 16.0 Å². The van der Waals surface area contributed by atoms with Gasteiger partial charge in [-0.25, -0.2) is 0 Å². The first-order valence-corrected chi connectivity index (χ1v) is 10.3. The van der Waals surface area contributed by atoms with Crippen molar-refractivity contribution in [2.75, 3.05) is 0 Å². The fourth-order valence-electron chi connectivity index (χ4n) is 4.80. The summed E-state index contributed by atoms with van der Waals surface area (Å²) in [5, 5.41) is 23.7. The van der Waals surface area contributed by atoms with Crippen LogP contribution < -0.4 is 4.74 Å². The van der Waals surface area contributed by atoms with Crippen LogP contribution in [0.5, 0.6) is 5.75 Å². The normalized spacial score (nSPS) is 26.6. The molecule has 3 aliphatic carbocycles. The zero-order chi connectivity index (χ0) is 20.4. The Hall–Kier alpha value is -2.47. The molecule has 0 saturated heterocycles. The smallest absolute Gasteiger partial charge is 0.318 e. The molecule has 0 aromatic heterocycles. The van der Waals surface area contributed by atoms with Crippen LogP contribution in [0.15, 0.2) is 71.2 Å². The van der Waals surface area contributed by atoms with E-state index in [0.717, 1.165) is 10.0 Å². The van der Waals surface area contributed by atoms with Gasteiger partial charge in [-0.15, -0.1) is 0 Å². The van der Waals surface area contributed by atoms with Gasteiger partial charge in [0.05, 0.1) is 5.92 Å². The van der Waals surface area contributed by atoms with E-state index in [1.807, 2.05) is 49.4 Å². The number of hydrogen-bond acceptors (Lipinski definition) is 4. The van der Waals surface area contributed by atoms with Crippen molar-refractivity contribution in [2.24, 2.45) is 5.92 Å². The molecule has 0 spiro atoms. The number of fused-ring (bicyclic) bond motifs is 1. The van der Waals surface area contributed by atoms with Gasteiger partial charge in [0.15, 0.2) is 0 Å². The molecule has 3 atom stereocenters. The molecular formula is C24H19BrO4. The van der Waals surface area contributed by atoms with Crippen molar-refractivity contribution < 1.29 is 19.7 Å². The molecule has 0 heterocycles. The fraction of sp³-hybridized carbons (Fsp3) is 0.208. The largest absolute Gasteiger partial charge is 0.426 e. The molecule has 2 bridgehead atoms. The molecule has 3 aromatic carbocycles. The van der Waals surface area contributed by atoms with Gasteiger partial charge in [0.25, 0.3) is 0 Å². The lowest BCUT2D eigenvalue weighted by molar-refractivity contribution is -0.157. The summed E-state index contributed by atoms with van der Waals surface area (Å²) in [6.07, 6.45) is 0.0503. The predicted molar refractivity (Wildman–Crippen MR) is 112 cm³/mol. The number of carbonyl (C=O) groups is 1. The molecule has 6 rings (SSSR count). The number of rotatable bonds is 2. The number of carbonyl (C=O) groups excluding carboxylic acids is 1. The second kappa shape index (κ2) is 6.26. The van der Waals surface area contributed by atoms with E-state index in [4.69, 9.17) is 4.74 Å². The van der Waals surface area contributed by atoms with Gasteiger partial charge in [0.1, 0.15) is 17.0 Å². The third kappa shape index (κ3) is 2.48. The summed E-state index contributed by atoms with van der Waals surface area (Å²) in [6, 6.07) is 19.9. The van der Waals surface area contributed by atoms with E-state index in [1.54, 1.807) is 24.3 Å². The van der Waals surface area contributed by atoms with Gasteiger partial charge in [-0.05, 0) is 52.9 Å². The van der Waals surface area contributed by atoms with Crippen LogP contribution in [0.1, 0.15) is 34.2 Å². The lowest BCUT2D eigenvalue weighted by Gasteiger charge is -2.53. The van der Waals surface area contributed by atoms with Gasteiger partial charge in [-0.2, -0.15) is 0 Å². The highest BCUT2D eigenvalue weighted by Crippen LogP contribution is 2.60. The Morgan fingerprint density at radius 2 is 1.62 bits per heavy atom. The first kappa shape index (κ1) is 18.6. The Morgan fingerprint density at radius 3 is 2.38 bits per heavy atom. The highest BCUT2D eigenvalue weighted by molar-refractivity contribution is 9.10. The summed E-state index contributed by atoms with van der Waals surface area (Å²) < 4.78 is 6.49. The summed E-state index contributed by atoms with van der Waals surface area (Å²) >= 11 is 3.46. The SMILES string of the molecule is Cc1ccccc1OC(=O)C1CC2(O)c3ccccc3C1(O)c1ccc(Br)cc12. The van der Waals surface area contributed by atoms with Crippen molar-refractivity contribution in [2.45, 2.75) is 24.5 Å². The first-order valence-electron chi connectivity index (χ1n) is 9.48. The molecule has 0 aliphatic heterocycles. The van der Waals surface area contributed by atoms with Gasteiger partial charge in [-0.3, -0.25) is 4.79 Å². The van der Waals surface area contributed by atoms with E-state index in [2.05, 4.69) is 15.9 Å². The Bertz CT molecular complexity index is 1160. The van der Waals surface area contributed by atoms with Crippen LogP contribution in [0, 0.1) is 12.8 Å². The van der Waals surface area contributed by atoms with Crippen LogP contribution in [0.3, 0.4) is 0 Å². The quantitative estimate of drug-likeness (QED) is 0.454. The standard InChI is InChI=1S/C24H19BrO4/c1-14-6-2-5-9-21(14)29-22(26)20-13-23(27)16-7-3-4-8-17(16)24(20,28)18-11-10-15(25)12-19(18)23/h2-12,20,27-28H,13H2,1H3. The molecule has 3 unspecified atom stereocenters. The summed E-state index contributed by atoms with van der Waals surface area (Å²) in [6.45, 7) is 1.86. The minimum atomic E-state index is -1.57. The average Bonchev–Trinajstić information content (AvgIpc) is 2.71. The summed E-state index contributed by atoms with van der Waals surface area (Å²) in [5.74, 6) is -1.03. The predicted octanol–water partition coefficient (Wildman–Crippen LogP) is 4.17. The number of hydrogen-bond donors (Lipinski definition) is 2. The Balaban J connectivity index is 1.68. The number of halogens is 1. The lowest BCUT2D eigenvalue weighted by atomic mass is 9.54. The van der Waals surface area contributed by atoms with Gasteiger partial charge < -0.3 is 14.9 Å². The third-order valence-corrected chi connectivity index (χ3v) is 6.71. The topological polar surface area (TPSA) is 66.8 Å². The number of ether oxygens (including phenoxy) is 1. The van der Waals surface area contributed by atoms with Crippen molar-refractivity contribution in [3.8, 4) is 5.75 Å². The Morgan fingerprint density at radius 1 is 0.966 bits per heavy atom. The van der Waals surface area contributed by atoms with Crippen LogP contribution in [0.2, 0.25) is 0 Å². The fourth-order valence-corrected chi connectivity index (χ4v) is 5.16. The summed E-state index contributed by atoms with van der Waals surface area (Å²) in [7, 11) is 0. The lowest BCUT2D eigenvalue weighted by Crippen LogP contribution is -2.57. The van der Waals surface area contributed by atoms with Crippen molar-refractivity contribution in [1.29, 1.82) is 0 Å². The van der Waals surface area contributed by atoms with E-state index in [9.17, 15) is 15.0 Å². The Kier molecular flexibility index (Phi) is 4.01. The maximum atomic E-state index is 13.2. The van der Waals surface area contributed by atoms with Crippen molar-refractivity contribution >= 4 is 21.9 Å². The molecule has 0 fully saturated rings. The van der Waals surface area contributed by atoms with Gasteiger partial charge in [0.2, 0.25) is 0 Å². The second-order valence-electron chi connectivity index (χ2n) is 7.81. The highest BCUT2D eigenvalue weighted by atomic mass is 79.9. The zero-order valence-corrected chi connectivity index (χ0v) is 17.3. The van der Waals surface area contributed by atoms with Crippen molar-refractivity contribution in [3.63, 3.8) is 0 Å². The van der Waals surface area contributed by atoms with Crippen LogP contribution in [0.25, 0.3) is 0 Å². The van der Waals surface area contributed by atoms with Crippen molar-refractivity contribution in [1.82, 2.24) is 0 Å². The molecule has 0 saturated carbocycles. The molecule has 2 N–H and O–H groups in total. The average molecular weight is 451 g/mol. The van der Waals surface area contributed by atoms with Crippen LogP contribution >= 0.6 is 15.9 Å². The van der Waals surface area contributed by atoms with Crippen LogP contribution in [0.4, 0.5) is 0 Å². The molecule has 4 nitrogen and oxygen atoms in total. The van der Waals surface area contributed by atoms with Crippen LogP contribution in [-0.4, -0.2) is 16.2 Å². The molecule has 3 aromatic rings. The van der Waals surface area contributed by atoms with Gasteiger partial charge in [-0.1, -0.05) is 64.5 Å².